The zero-order valence-corrected chi connectivity index (χ0v) is 11.8. The van der Waals surface area contributed by atoms with Crippen molar-refractivity contribution in [1.29, 1.82) is 0 Å². The van der Waals surface area contributed by atoms with E-state index >= 15 is 0 Å². The Kier molecular flexibility index (Phi) is 3.38. The van der Waals surface area contributed by atoms with E-state index in [2.05, 4.69) is 9.55 Å². The molecule has 0 fully saturated rings. The van der Waals surface area contributed by atoms with Crippen molar-refractivity contribution in [2.45, 2.75) is 19.4 Å². The van der Waals surface area contributed by atoms with Crippen molar-refractivity contribution in [1.82, 2.24) is 14.5 Å². The zero-order valence-electron chi connectivity index (χ0n) is 11.0. The second kappa shape index (κ2) is 5.17. The van der Waals surface area contributed by atoms with Crippen LogP contribution in [0.4, 0.5) is 0 Å². The van der Waals surface area contributed by atoms with Crippen LogP contribution in [0.25, 0.3) is 0 Å². The number of rotatable bonds is 3. The molecule has 2 aromatic heterocycles. The van der Waals surface area contributed by atoms with Gasteiger partial charge in [-0.3, -0.25) is 4.79 Å². The molecule has 2 aromatic rings. The molecule has 0 saturated carbocycles. The highest BCUT2D eigenvalue weighted by molar-refractivity contribution is 7.12. The second-order valence-electron chi connectivity index (χ2n) is 5.06. The number of amides is 1. The largest absolute Gasteiger partial charge is 0.341 e. The first kappa shape index (κ1) is 12.4. The van der Waals surface area contributed by atoms with Gasteiger partial charge < -0.3 is 9.47 Å². The topological polar surface area (TPSA) is 38.1 Å². The molecule has 3 heterocycles. The van der Waals surface area contributed by atoms with E-state index < -0.39 is 0 Å². The summed E-state index contributed by atoms with van der Waals surface area (Å²) in [7, 11) is 1.89. The highest BCUT2D eigenvalue weighted by Gasteiger charge is 2.22. The molecule has 0 bridgehead atoms. The fourth-order valence-electron chi connectivity index (χ4n) is 2.64. The summed E-state index contributed by atoms with van der Waals surface area (Å²) in [6, 6.07) is 3.81. The lowest BCUT2D eigenvalue weighted by Gasteiger charge is -2.28. The molecule has 3 rings (SSSR count). The normalized spacial score (nSPS) is 18.1. The van der Waals surface area contributed by atoms with E-state index in [-0.39, 0.29) is 5.91 Å². The van der Waals surface area contributed by atoms with Crippen LogP contribution in [0.1, 0.15) is 21.9 Å². The third-order valence-corrected chi connectivity index (χ3v) is 4.50. The van der Waals surface area contributed by atoms with Crippen LogP contribution in [0.5, 0.6) is 0 Å². The molecule has 1 amide bonds. The fourth-order valence-corrected chi connectivity index (χ4v) is 3.36. The summed E-state index contributed by atoms with van der Waals surface area (Å²) in [5, 5.41) is 1.94. The third kappa shape index (κ3) is 2.56. The van der Waals surface area contributed by atoms with Gasteiger partial charge in [-0.1, -0.05) is 6.07 Å². The highest BCUT2D eigenvalue weighted by Crippen LogP contribution is 2.20. The summed E-state index contributed by atoms with van der Waals surface area (Å²) in [6.07, 6.45) is 6.01. The van der Waals surface area contributed by atoms with Crippen molar-refractivity contribution in [3.63, 3.8) is 0 Å². The minimum absolute atomic E-state index is 0.131. The van der Waals surface area contributed by atoms with Crippen molar-refractivity contribution in [2.24, 2.45) is 5.92 Å². The van der Waals surface area contributed by atoms with Gasteiger partial charge in [0.1, 0.15) is 5.82 Å². The van der Waals surface area contributed by atoms with Crippen LogP contribution in [0, 0.1) is 5.92 Å². The number of nitrogens with zero attached hydrogens (tertiary/aromatic N) is 3. The van der Waals surface area contributed by atoms with Gasteiger partial charge in [0.05, 0.1) is 4.88 Å². The minimum atomic E-state index is 0.131. The maximum Gasteiger partial charge on any atom is 0.263 e. The Morgan fingerprint density at radius 1 is 1.63 bits per heavy atom. The summed E-state index contributed by atoms with van der Waals surface area (Å²) < 4.78 is 2.21. The molecule has 0 aromatic carbocycles. The first-order chi connectivity index (χ1) is 9.24. The van der Waals surface area contributed by atoms with Gasteiger partial charge in [-0.25, -0.2) is 4.98 Å². The SMILES string of the molecule is CN(C[C@@H]1CCc2nccn2C1)C(=O)c1cccs1. The van der Waals surface area contributed by atoms with Gasteiger partial charge in [0.15, 0.2) is 0 Å². The smallest absolute Gasteiger partial charge is 0.263 e. The van der Waals surface area contributed by atoms with Crippen LogP contribution in [0.2, 0.25) is 0 Å². The van der Waals surface area contributed by atoms with E-state index in [0.29, 0.717) is 5.92 Å². The lowest BCUT2D eigenvalue weighted by atomic mass is 9.99. The van der Waals surface area contributed by atoms with Crippen LogP contribution in [0.3, 0.4) is 0 Å². The van der Waals surface area contributed by atoms with E-state index in [0.717, 1.165) is 30.8 Å². The standard InChI is InChI=1S/C14H17N3OS/c1-16(14(18)12-3-2-8-19-12)9-11-4-5-13-15-6-7-17(13)10-11/h2-3,6-8,11H,4-5,9-10H2,1H3/t11-/m0/s1. The first-order valence-electron chi connectivity index (χ1n) is 6.53. The maximum atomic E-state index is 12.2. The first-order valence-corrected chi connectivity index (χ1v) is 7.41. The Morgan fingerprint density at radius 2 is 2.53 bits per heavy atom. The molecule has 4 nitrogen and oxygen atoms in total. The molecule has 1 aliphatic rings. The van der Waals surface area contributed by atoms with Gasteiger partial charge in [-0.15, -0.1) is 11.3 Å². The number of carbonyl (C=O) groups excluding carboxylic acids is 1. The molecule has 100 valence electrons. The number of imidazole rings is 1. The van der Waals surface area contributed by atoms with Gasteiger partial charge in [0.2, 0.25) is 0 Å². The summed E-state index contributed by atoms with van der Waals surface area (Å²) >= 11 is 1.50. The quantitative estimate of drug-likeness (QED) is 0.862. The van der Waals surface area contributed by atoms with Gasteiger partial charge in [-0.05, 0) is 23.8 Å². The van der Waals surface area contributed by atoms with Gasteiger partial charge >= 0.3 is 0 Å². The van der Waals surface area contributed by atoms with E-state index in [9.17, 15) is 4.79 Å². The molecule has 5 heteroatoms. The van der Waals surface area contributed by atoms with Crippen molar-refractivity contribution in [3.8, 4) is 0 Å². The van der Waals surface area contributed by atoms with E-state index in [1.165, 1.54) is 17.2 Å². The number of aryl methyl sites for hydroxylation is 1. The van der Waals surface area contributed by atoms with Crippen LogP contribution in [-0.4, -0.2) is 34.0 Å². The Balaban J connectivity index is 1.62. The van der Waals surface area contributed by atoms with E-state index in [1.54, 1.807) is 0 Å². The van der Waals surface area contributed by atoms with Crippen LogP contribution in [-0.2, 0) is 13.0 Å². The van der Waals surface area contributed by atoms with Crippen molar-refractivity contribution in [3.05, 3.63) is 40.6 Å². The van der Waals surface area contributed by atoms with Crippen molar-refractivity contribution in [2.75, 3.05) is 13.6 Å². The average molecular weight is 275 g/mol. The second-order valence-corrected chi connectivity index (χ2v) is 6.01. The van der Waals surface area contributed by atoms with Crippen molar-refractivity contribution < 1.29 is 4.79 Å². The average Bonchev–Trinajstić information content (AvgIpc) is 3.08. The molecule has 0 N–H and O–H groups in total. The van der Waals surface area contributed by atoms with Gasteiger partial charge in [0, 0.05) is 39.0 Å². The number of hydrogen-bond acceptors (Lipinski definition) is 3. The molecule has 19 heavy (non-hydrogen) atoms. The number of carbonyl (C=O) groups is 1. The van der Waals surface area contributed by atoms with Gasteiger partial charge in [-0.2, -0.15) is 0 Å². The Hall–Kier alpha value is -1.62. The predicted molar refractivity (Wildman–Crippen MR) is 75.3 cm³/mol. The number of fused-ring (bicyclic) bond motifs is 1. The summed E-state index contributed by atoms with van der Waals surface area (Å²) in [5.41, 5.74) is 0. The Bertz CT molecular complexity index is 561. The molecular weight excluding hydrogens is 258 g/mol. The Labute approximate surface area is 116 Å². The molecule has 0 unspecified atom stereocenters. The lowest BCUT2D eigenvalue weighted by Crippen LogP contribution is -2.35. The monoisotopic (exact) mass is 275 g/mol. The molecule has 0 spiro atoms. The van der Waals surface area contributed by atoms with Crippen LogP contribution < -0.4 is 0 Å². The van der Waals surface area contributed by atoms with Crippen molar-refractivity contribution >= 4 is 17.2 Å². The molecule has 1 atom stereocenters. The third-order valence-electron chi connectivity index (χ3n) is 3.64. The minimum Gasteiger partial charge on any atom is -0.341 e. The molecule has 0 radical (unpaired) electrons. The predicted octanol–water partition coefficient (Wildman–Crippen LogP) is 2.28. The summed E-state index contributed by atoms with van der Waals surface area (Å²) in [6.45, 7) is 1.78. The highest BCUT2D eigenvalue weighted by atomic mass is 32.1. The summed E-state index contributed by atoms with van der Waals surface area (Å²) in [5.74, 6) is 1.82. The maximum absolute atomic E-state index is 12.2. The Morgan fingerprint density at radius 3 is 3.32 bits per heavy atom. The van der Waals surface area contributed by atoms with Crippen LogP contribution >= 0.6 is 11.3 Å². The van der Waals surface area contributed by atoms with E-state index in [4.69, 9.17) is 0 Å². The summed E-state index contributed by atoms with van der Waals surface area (Å²) in [4.78, 5) is 19.2. The number of hydrogen-bond donors (Lipinski definition) is 0. The fraction of sp³-hybridized carbons (Fsp3) is 0.429. The van der Waals surface area contributed by atoms with E-state index in [1.807, 2.05) is 41.9 Å². The van der Waals surface area contributed by atoms with Crippen LogP contribution in [0.15, 0.2) is 29.9 Å². The number of aromatic nitrogens is 2. The molecule has 0 aliphatic carbocycles. The molecular formula is C14H17N3OS. The van der Waals surface area contributed by atoms with Gasteiger partial charge in [0.25, 0.3) is 5.91 Å². The zero-order chi connectivity index (χ0) is 13.2. The molecule has 1 aliphatic heterocycles. The lowest BCUT2D eigenvalue weighted by molar-refractivity contribution is 0.0765. The molecule has 0 saturated heterocycles. The number of thiophene rings is 1.